The van der Waals surface area contributed by atoms with Gasteiger partial charge in [0.05, 0.1) is 43.2 Å². The Morgan fingerprint density at radius 1 is 1.05 bits per heavy atom. The number of nitrogens with zero attached hydrogens (tertiary/aromatic N) is 4. The summed E-state index contributed by atoms with van der Waals surface area (Å²) in [6.45, 7) is 13.8. The van der Waals surface area contributed by atoms with E-state index in [4.69, 9.17) is 18.9 Å². The highest BCUT2D eigenvalue weighted by Gasteiger charge is 2.24. The standard InChI is InChI=1S/C27H40N4O6/c1-27(2,3)26(33)37-19-31-18-28-22-16-24(23(34-4)15-21(22)25(31)32)36-17-20-5-7-29(8-6-20)9-10-30-11-13-35-14-12-30/h15-16,18,20H,5-14,17,19H2,1-4H3. The highest BCUT2D eigenvalue weighted by Crippen LogP contribution is 2.31. The van der Waals surface area contributed by atoms with Crippen molar-refractivity contribution in [3.63, 3.8) is 0 Å². The first-order valence-electron chi connectivity index (χ1n) is 13.1. The third-order valence-corrected chi connectivity index (χ3v) is 7.07. The summed E-state index contributed by atoms with van der Waals surface area (Å²) in [4.78, 5) is 34.5. The molecule has 2 saturated heterocycles. The van der Waals surface area contributed by atoms with Crippen LogP contribution in [0.1, 0.15) is 33.6 Å². The van der Waals surface area contributed by atoms with E-state index >= 15 is 0 Å². The monoisotopic (exact) mass is 516 g/mol. The molecule has 0 spiro atoms. The zero-order valence-corrected chi connectivity index (χ0v) is 22.5. The van der Waals surface area contributed by atoms with Gasteiger partial charge < -0.3 is 23.8 Å². The summed E-state index contributed by atoms with van der Waals surface area (Å²) in [5.41, 5.74) is -0.443. The molecule has 0 unspecified atom stereocenters. The normalized spacial score (nSPS) is 18.2. The van der Waals surface area contributed by atoms with Gasteiger partial charge in [0.15, 0.2) is 18.2 Å². The summed E-state index contributed by atoms with van der Waals surface area (Å²) in [5, 5.41) is 0.382. The van der Waals surface area contributed by atoms with E-state index in [1.807, 2.05) is 0 Å². The topological polar surface area (TPSA) is 95.4 Å². The van der Waals surface area contributed by atoms with Gasteiger partial charge in [0.2, 0.25) is 0 Å². The van der Waals surface area contributed by atoms with E-state index in [1.54, 1.807) is 40.0 Å². The van der Waals surface area contributed by atoms with Crippen molar-refractivity contribution in [3.8, 4) is 11.5 Å². The first-order chi connectivity index (χ1) is 17.7. The summed E-state index contributed by atoms with van der Waals surface area (Å²) < 4.78 is 23.7. The van der Waals surface area contributed by atoms with Crippen molar-refractivity contribution in [2.45, 2.75) is 40.3 Å². The van der Waals surface area contributed by atoms with Gasteiger partial charge >= 0.3 is 5.97 Å². The molecule has 10 heteroatoms. The smallest absolute Gasteiger partial charge is 0.312 e. The molecule has 0 atom stereocenters. The van der Waals surface area contributed by atoms with Crippen molar-refractivity contribution in [3.05, 3.63) is 28.8 Å². The van der Waals surface area contributed by atoms with Crippen LogP contribution in [0.15, 0.2) is 23.3 Å². The minimum absolute atomic E-state index is 0.191. The summed E-state index contributed by atoms with van der Waals surface area (Å²) in [7, 11) is 1.56. The molecule has 0 aliphatic carbocycles. The Labute approximate surface area is 218 Å². The molecule has 10 nitrogen and oxygen atoms in total. The Morgan fingerprint density at radius 3 is 2.38 bits per heavy atom. The molecule has 37 heavy (non-hydrogen) atoms. The van der Waals surface area contributed by atoms with Crippen LogP contribution in [-0.4, -0.2) is 91.5 Å². The van der Waals surface area contributed by atoms with Crippen LogP contribution in [0.3, 0.4) is 0 Å². The number of rotatable bonds is 9. The maximum atomic E-state index is 13.0. The second-order valence-corrected chi connectivity index (χ2v) is 10.9. The van der Waals surface area contributed by atoms with Gasteiger partial charge in [-0.2, -0.15) is 0 Å². The van der Waals surface area contributed by atoms with E-state index < -0.39 is 5.41 Å². The maximum Gasteiger partial charge on any atom is 0.312 e. The molecule has 2 fully saturated rings. The predicted molar refractivity (Wildman–Crippen MR) is 140 cm³/mol. The molecular formula is C27H40N4O6. The van der Waals surface area contributed by atoms with E-state index in [9.17, 15) is 9.59 Å². The number of methoxy groups -OCH3 is 1. The van der Waals surface area contributed by atoms with Crippen molar-refractivity contribution < 1.29 is 23.7 Å². The van der Waals surface area contributed by atoms with Crippen LogP contribution in [0.25, 0.3) is 10.9 Å². The number of morpholine rings is 1. The minimum atomic E-state index is -0.650. The SMILES string of the molecule is COc1cc2c(=O)n(COC(=O)C(C)(C)C)cnc2cc1OCC1CCN(CCN2CCOCC2)CC1. The van der Waals surface area contributed by atoms with Gasteiger partial charge in [-0.3, -0.25) is 19.1 Å². The van der Waals surface area contributed by atoms with Gasteiger partial charge in [0, 0.05) is 32.2 Å². The number of ether oxygens (including phenoxy) is 4. The molecule has 1 aromatic carbocycles. The lowest BCUT2D eigenvalue weighted by atomic mass is 9.98. The van der Waals surface area contributed by atoms with E-state index in [0.717, 1.165) is 65.3 Å². The van der Waals surface area contributed by atoms with Crippen molar-refractivity contribution in [1.29, 1.82) is 0 Å². The van der Waals surface area contributed by atoms with Crippen LogP contribution >= 0.6 is 0 Å². The third kappa shape index (κ3) is 7.21. The second kappa shape index (κ2) is 12.2. The van der Waals surface area contributed by atoms with E-state index in [2.05, 4.69) is 14.8 Å². The zero-order valence-electron chi connectivity index (χ0n) is 22.5. The molecule has 1 aromatic heterocycles. The fourth-order valence-electron chi connectivity index (χ4n) is 4.57. The second-order valence-electron chi connectivity index (χ2n) is 10.9. The molecule has 2 aromatic rings. The number of piperidine rings is 1. The number of carbonyl (C=O) groups excluding carboxylic acids is 1. The Balaban J connectivity index is 1.32. The third-order valence-electron chi connectivity index (χ3n) is 7.07. The summed E-state index contributed by atoms with van der Waals surface area (Å²) in [5.74, 6) is 1.15. The van der Waals surface area contributed by atoms with Gasteiger partial charge in [-0.1, -0.05) is 0 Å². The van der Waals surface area contributed by atoms with E-state index in [-0.39, 0.29) is 18.3 Å². The van der Waals surface area contributed by atoms with E-state index in [0.29, 0.717) is 34.9 Å². The van der Waals surface area contributed by atoms with Gasteiger partial charge in [0.1, 0.15) is 6.33 Å². The van der Waals surface area contributed by atoms with Crippen molar-refractivity contribution in [2.75, 3.05) is 66.2 Å². The van der Waals surface area contributed by atoms with Gasteiger partial charge in [0.25, 0.3) is 5.56 Å². The lowest BCUT2D eigenvalue weighted by Crippen LogP contribution is -2.43. The van der Waals surface area contributed by atoms with Crippen molar-refractivity contribution in [2.24, 2.45) is 11.3 Å². The van der Waals surface area contributed by atoms with Gasteiger partial charge in [-0.25, -0.2) is 4.98 Å². The minimum Gasteiger partial charge on any atom is -0.493 e. The maximum absolute atomic E-state index is 13.0. The largest absolute Gasteiger partial charge is 0.493 e. The Kier molecular flexibility index (Phi) is 9.04. The zero-order chi connectivity index (χ0) is 26.4. The summed E-state index contributed by atoms with van der Waals surface area (Å²) in [6.07, 6.45) is 3.58. The number of fused-ring (bicyclic) bond motifs is 1. The van der Waals surface area contributed by atoms with Crippen molar-refractivity contribution >= 4 is 16.9 Å². The fourth-order valence-corrected chi connectivity index (χ4v) is 4.57. The molecule has 2 aliphatic heterocycles. The molecule has 2 aliphatic rings. The van der Waals surface area contributed by atoms with Crippen molar-refractivity contribution in [1.82, 2.24) is 19.4 Å². The molecule has 3 heterocycles. The van der Waals surface area contributed by atoms with Crippen LogP contribution in [0, 0.1) is 11.3 Å². The van der Waals surface area contributed by atoms with Crippen LogP contribution in [0.2, 0.25) is 0 Å². The van der Waals surface area contributed by atoms with Crippen LogP contribution < -0.4 is 15.0 Å². The molecule has 4 rings (SSSR count). The van der Waals surface area contributed by atoms with Gasteiger partial charge in [-0.15, -0.1) is 0 Å². The molecule has 0 bridgehead atoms. The average molecular weight is 517 g/mol. The molecule has 0 saturated carbocycles. The number of esters is 1. The lowest BCUT2D eigenvalue weighted by Gasteiger charge is -2.34. The lowest BCUT2D eigenvalue weighted by molar-refractivity contribution is -0.157. The molecule has 0 N–H and O–H groups in total. The number of carbonyl (C=O) groups is 1. The summed E-state index contributed by atoms with van der Waals surface area (Å²) in [6, 6.07) is 3.40. The molecule has 204 valence electrons. The van der Waals surface area contributed by atoms with Crippen LogP contribution in [-0.2, 0) is 21.0 Å². The Morgan fingerprint density at radius 2 is 1.73 bits per heavy atom. The van der Waals surface area contributed by atoms with Crippen LogP contribution in [0.5, 0.6) is 11.5 Å². The number of benzene rings is 1. The molecular weight excluding hydrogens is 476 g/mol. The quantitative estimate of drug-likeness (QED) is 0.466. The Bertz CT molecular complexity index is 1110. The average Bonchev–Trinajstić information content (AvgIpc) is 2.90. The van der Waals surface area contributed by atoms with Gasteiger partial charge in [-0.05, 0) is 58.7 Å². The number of hydrogen-bond donors (Lipinski definition) is 0. The predicted octanol–water partition coefficient (Wildman–Crippen LogP) is 2.37. The first-order valence-corrected chi connectivity index (χ1v) is 13.1. The Hall–Kier alpha value is -2.69. The molecule has 0 amide bonds. The van der Waals surface area contributed by atoms with Crippen LogP contribution in [0.4, 0.5) is 0 Å². The molecule has 0 radical (unpaired) electrons. The van der Waals surface area contributed by atoms with E-state index in [1.165, 1.54) is 10.9 Å². The summed E-state index contributed by atoms with van der Waals surface area (Å²) >= 11 is 0. The first kappa shape index (κ1) is 27.3. The number of likely N-dealkylation sites (tertiary alicyclic amines) is 1. The highest BCUT2D eigenvalue weighted by atomic mass is 16.5. The highest BCUT2D eigenvalue weighted by molar-refractivity contribution is 5.81. The fraction of sp³-hybridized carbons (Fsp3) is 0.667. The number of hydrogen-bond acceptors (Lipinski definition) is 9. The number of aromatic nitrogens is 2.